The average molecular weight is 346 g/mol. The molecule has 106 valence electrons. The maximum absolute atomic E-state index is 6.03. The van der Waals surface area contributed by atoms with E-state index in [1.165, 1.54) is 37.7 Å². The van der Waals surface area contributed by atoms with Crippen molar-refractivity contribution in [3.8, 4) is 0 Å². The molecule has 0 amide bonds. The fourth-order valence-electron chi connectivity index (χ4n) is 2.74. The number of hydrogen-bond donors (Lipinski definition) is 0. The quantitative estimate of drug-likeness (QED) is 0.614. The van der Waals surface area contributed by atoms with E-state index >= 15 is 0 Å². The predicted molar refractivity (Wildman–Crippen MR) is 85.3 cm³/mol. The number of ether oxygens (including phenoxy) is 1. The average Bonchev–Trinajstić information content (AvgIpc) is 2.91. The SMILES string of the molecule is Clc1cccc(CC(CBr)CCCC2CCCO2)c1. The maximum Gasteiger partial charge on any atom is 0.0576 e. The lowest BCUT2D eigenvalue weighted by molar-refractivity contribution is 0.101. The van der Waals surface area contributed by atoms with Crippen LogP contribution in [0.2, 0.25) is 5.02 Å². The Labute approximate surface area is 129 Å². The van der Waals surface area contributed by atoms with Crippen LogP contribution in [0.25, 0.3) is 0 Å². The van der Waals surface area contributed by atoms with E-state index in [1.807, 2.05) is 12.1 Å². The van der Waals surface area contributed by atoms with Crippen LogP contribution < -0.4 is 0 Å². The third kappa shape index (κ3) is 5.45. The highest BCUT2D eigenvalue weighted by atomic mass is 79.9. The van der Waals surface area contributed by atoms with Crippen LogP contribution >= 0.6 is 27.5 Å². The maximum atomic E-state index is 6.03. The summed E-state index contributed by atoms with van der Waals surface area (Å²) in [5.74, 6) is 0.694. The fourth-order valence-corrected chi connectivity index (χ4v) is 3.50. The van der Waals surface area contributed by atoms with E-state index in [2.05, 4.69) is 28.1 Å². The standard InChI is InChI=1S/C16H22BrClO/c17-12-14(5-2-7-16-8-3-9-19-16)10-13-4-1-6-15(18)11-13/h1,4,6,11,14,16H,2-3,5,7-10,12H2. The van der Waals surface area contributed by atoms with Gasteiger partial charge in [0.25, 0.3) is 0 Å². The Balaban J connectivity index is 1.73. The van der Waals surface area contributed by atoms with Crippen molar-refractivity contribution in [2.24, 2.45) is 5.92 Å². The van der Waals surface area contributed by atoms with Crippen LogP contribution in [-0.4, -0.2) is 18.0 Å². The molecule has 1 aliphatic heterocycles. The van der Waals surface area contributed by atoms with Gasteiger partial charge in [-0.25, -0.2) is 0 Å². The van der Waals surface area contributed by atoms with E-state index in [-0.39, 0.29) is 0 Å². The Kier molecular flexibility index (Phi) is 6.69. The van der Waals surface area contributed by atoms with Crippen molar-refractivity contribution in [3.63, 3.8) is 0 Å². The Bertz CT molecular complexity index is 377. The monoisotopic (exact) mass is 344 g/mol. The van der Waals surface area contributed by atoms with Crippen LogP contribution in [0.15, 0.2) is 24.3 Å². The van der Waals surface area contributed by atoms with Gasteiger partial charge in [0.2, 0.25) is 0 Å². The van der Waals surface area contributed by atoms with Crippen molar-refractivity contribution in [3.05, 3.63) is 34.9 Å². The molecule has 0 aliphatic carbocycles. The first-order valence-corrected chi connectivity index (χ1v) is 8.70. The molecule has 0 aromatic heterocycles. The van der Waals surface area contributed by atoms with E-state index in [0.717, 1.165) is 23.4 Å². The Morgan fingerprint density at radius 1 is 1.42 bits per heavy atom. The van der Waals surface area contributed by atoms with Crippen LogP contribution in [0.3, 0.4) is 0 Å². The molecule has 1 aliphatic rings. The number of benzene rings is 1. The summed E-state index contributed by atoms with van der Waals surface area (Å²) in [4.78, 5) is 0. The van der Waals surface area contributed by atoms with Crippen molar-refractivity contribution in [1.82, 2.24) is 0 Å². The van der Waals surface area contributed by atoms with Crippen molar-refractivity contribution < 1.29 is 4.74 Å². The molecule has 0 radical (unpaired) electrons. The molecule has 0 spiro atoms. The van der Waals surface area contributed by atoms with E-state index in [0.29, 0.717) is 12.0 Å². The van der Waals surface area contributed by atoms with Gasteiger partial charge in [-0.05, 0) is 55.7 Å². The summed E-state index contributed by atoms with van der Waals surface area (Å²) in [6.45, 7) is 0.967. The number of halogens is 2. The van der Waals surface area contributed by atoms with Gasteiger partial charge in [0.15, 0.2) is 0 Å². The van der Waals surface area contributed by atoms with Crippen molar-refractivity contribution in [2.75, 3.05) is 11.9 Å². The lowest BCUT2D eigenvalue weighted by atomic mass is 9.95. The lowest BCUT2D eigenvalue weighted by Gasteiger charge is -2.15. The summed E-state index contributed by atoms with van der Waals surface area (Å²) in [6.07, 6.45) is 7.89. The summed E-state index contributed by atoms with van der Waals surface area (Å²) >= 11 is 9.68. The smallest absolute Gasteiger partial charge is 0.0576 e. The number of rotatable bonds is 7. The minimum absolute atomic E-state index is 0.530. The number of alkyl halides is 1. The molecular formula is C16H22BrClO. The van der Waals surface area contributed by atoms with Gasteiger partial charge in [0, 0.05) is 17.0 Å². The second kappa shape index (κ2) is 8.28. The van der Waals surface area contributed by atoms with E-state index < -0.39 is 0 Å². The minimum atomic E-state index is 0.530. The molecule has 2 atom stereocenters. The lowest BCUT2D eigenvalue weighted by Crippen LogP contribution is -2.09. The molecular weight excluding hydrogens is 324 g/mol. The first-order valence-electron chi connectivity index (χ1n) is 7.20. The zero-order valence-corrected chi connectivity index (χ0v) is 13.6. The van der Waals surface area contributed by atoms with Crippen LogP contribution in [0.5, 0.6) is 0 Å². The van der Waals surface area contributed by atoms with E-state index in [4.69, 9.17) is 16.3 Å². The van der Waals surface area contributed by atoms with E-state index in [9.17, 15) is 0 Å². The van der Waals surface area contributed by atoms with Crippen molar-refractivity contribution in [1.29, 1.82) is 0 Å². The van der Waals surface area contributed by atoms with Crippen LogP contribution in [-0.2, 0) is 11.2 Å². The highest BCUT2D eigenvalue weighted by molar-refractivity contribution is 9.09. The third-order valence-electron chi connectivity index (χ3n) is 3.79. The van der Waals surface area contributed by atoms with Gasteiger partial charge in [-0.1, -0.05) is 46.1 Å². The summed E-state index contributed by atoms with van der Waals surface area (Å²) in [5.41, 5.74) is 1.34. The predicted octanol–water partition coefficient (Wildman–Crippen LogP) is 5.24. The molecule has 0 bridgehead atoms. The third-order valence-corrected chi connectivity index (χ3v) is 4.94. The highest BCUT2D eigenvalue weighted by Gasteiger charge is 2.16. The summed E-state index contributed by atoms with van der Waals surface area (Å²) < 4.78 is 5.67. The first-order chi connectivity index (χ1) is 9.28. The Morgan fingerprint density at radius 3 is 3.00 bits per heavy atom. The van der Waals surface area contributed by atoms with Crippen molar-refractivity contribution in [2.45, 2.75) is 44.6 Å². The molecule has 0 N–H and O–H groups in total. The Morgan fingerprint density at radius 2 is 2.32 bits per heavy atom. The van der Waals surface area contributed by atoms with Gasteiger partial charge in [0.1, 0.15) is 0 Å². The highest BCUT2D eigenvalue weighted by Crippen LogP contribution is 2.23. The molecule has 1 aromatic carbocycles. The molecule has 3 heteroatoms. The molecule has 19 heavy (non-hydrogen) atoms. The largest absolute Gasteiger partial charge is 0.378 e. The molecule has 1 heterocycles. The molecule has 1 nitrogen and oxygen atoms in total. The van der Waals surface area contributed by atoms with E-state index in [1.54, 1.807) is 0 Å². The van der Waals surface area contributed by atoms with Crippen LogP contribution in [0.1, 0.15) is 37.7 Å². The molecule has 2 rings (SSSR count). The minimum Gasteiger partial charge on any atom is -0.378 e. The fraction of sp³-hybridized carbons (Fsp3) is 0.625. The second-order valence-electron chi connectivity index (χ2n) is 5.42. The molecule has 0 saturated carbocycles. The molecule has 1 saturated heterocycles. The second-order valence-corrected chi connectivity index (χ2v) is 6.50. The Hall–Kier alpha value is -0.0500. The van der Waals surface area contributed by atoms with Crippen LogP contribution in [0.4, 0.5) is 0 Å². The number of hydrogen-bond acceptors (Lipinski definition) is 1. The van der Waals surface area contributed by atoms with Gasteiger partial charge in [-0.15, -0.1) is 0 Å². The van der Waals surface area contributed by atoms with Gasteiger partial charge < -0.3 is 4.74 Å². The van der Waals surface area contributed by atoms with Crippen molar-refractivity contribution >= 4 is 27.5 Å². The zero-order chi connectivity index (χ0) is 13.5. The van der Waals surface area contributed by atoms with Gasteiger partial charge >= 0.3 is 0 Å². The summed E-state index contributed by atoms with van der Waals surface area (Å²) in [6, 6.07) is 8.22. The van der Waals surface area contributed by atoms with Crippen LogP contribution in [0, 0.1) is 5.92 Å². The van der Waals surface area contributed by atoms with Gasteiger partial charge in [0.05, 0.1) is 6.10 Å². The van der Waals surface area contributed by atoms with Gasteiger partial charge in [-0.3, -0.25) is 0 Å². The topological polar surface area (TPSA) is 9.23 Å². The van der Waals surface area contributed by atoms with Gasteiger partial charge in [-0.2, -0.15) is 0 Å². The first kappa shape index (κ1) is 15.3. The molecule has 2 unspecified atom stereocenters. The molecule has 1 fully saturated rings. The zero-order valence-electron chi connectivity index (χ0n) is 11.3. The summed E-state index contributed by atoms with van der Waals surface area (Å²) in [7, 11) is 0. The summed E-state index contributed by atoms with van der Waals surface area (Å²) in [5, 5.41) is 1.90. The normalized spacial score (nSPS) is 20.6. The molecule has 1 aromatic rings.